The second-order valence-electron chi connectivity index (χ2n) is 7.34. The molecule has 25 heavy (non-hydrogen) atoms. The summed E-state index contributed by atoms with van der Waals surface area (Å²) in [6.45, 7) is 7.61. The van der Waals surface area contributed by atoms with Gasteiger partial charge in [0.05, 0.1) is 6.54 Å². The summed E-state index contributed by atoms with van der Waals surface area (Å²) in [5.74, 6) is 1.99. The largest absolute Gasteiger partial charge is 0.354 e. The van der Waals surface area contributed by atoms with Crippen molar-refractivity contribution in [2.24, 2.45) is 10.9 Å². The maximum atomic E-state index is 11.8. The minimum atomic E-state index is 0. The van der Waals surface area contributed by atoms with Gasteiger partial charge >= 0.3 is 0 Å². The fraction of sp³-hybridized carbons (Fsp3) is 0.889. The average Bonchev–Trinajstić information content (AvgIpc) is 3.27. The summed E-state index contributed by atoms with van der Waals surface area (Å²) in [6.07, 6.45) is 5.99. The van der Waals surface area contributed by atoms with Crippen molar-refractivity contribution in [1.82, 2.24) is 20.4 Å². The lowest BCUT2D eigenvalue weighted by molar-refractivity contribution is -0.130. The molecule has 1 aliphatic carbocycles. The van der Waals surface area contributed by atoms with Gasteiger partial charge in [-0.3, -0.25) is 14.7 Å². The molecule has 0 aromatic carbocycles. The highest BCUT2D eigenvalue weighted by atomic mass is 127. The van der Waals surface area contributed by atoms with Gasteiger partial charge in [-0.2, -0.15) is 0 Å². The Kier molecular flexibility index (Phi) is 10.1. The van der Waals surface area contributed by atoms with Crippen LogP contribution >= 0.6 is 24.0 Å². The fourth-order valence-corrected chi connectivity index (χ4v) is 3.34. The van der Waals surface area contributed by atoms with Crippen LogP contribution in [-0.4, -0.2) is 74.0 Å². The third kappa shape index (κ3) is 7.68. The molecule has 2 N–H and O–H groups in total. The molecule has 0 bridgehead atoms. The number of rotatable bonds is 7. The number of piperidine rings is 1. The topological polar surface area (TPSA) is 60.0 Å². The van der Waals surface area contributed by atoms with Crippen molar-refractivity contribution in [3.63, 3.8) is 0 Å². The molecule has 2 atom stereocenters. The lowest BCUT2D eigenvalue weighted by Gasteiger charge is -2.33. The molecule has 1 amide bonds. The van der Waals surface area contributed by atoms with E-state index >= 15 is 0 Å². The summed E-state index contributed by atoms with van der Waals surface area (Å²) in [5.41, 5.74) is 0. The van der Waals surface area contributed by atoms with Crippen molar-refractivity contribution in [2.45, 2.75) is 58.0 Å². The standard InChI is InChI=1S/C18H35N5O.HI/c1-5-7-14-12-16(14)21-18(19-6-2)20-15-8-10-23(11-9-15)13-17(24)22(3)4;/h14-16H,5-13H2,1-4H3,(H2,19,20,21);1H. The third-order valence-electron chi connectivity index (χ3n) is 5.01. The van der Waals surface area contributed by atoms with Crippen molar-refractivity contribution < 1.29 is 4.79 Å². The first kappa shape index (κ1) is 22.5. The molecular weight excluding hydrogens is 429 g/mol. The minimum absolute atomic E-state index is 0. The molecular formula is C18H36IN5O. The summed E-state index contributed by atoms with van der Waals surface area (Å²) in [6, 6.07) is 1.07. The van der Waals surface area contributed by atoms with Gasteiger partial charge in [0.2, 0.25) is 5.91 Å². The average molecular weight is 465 g/mol. The van der Waals surface area contributed by atoms with E-state index in [0.29, 0.717) is 18.6 Å². The van der Waals surface area contributed by atoms with Crippen molar-refractivity contribution >= 4 is 35.8 Å². The monoisotopic (exact) mass is 465 g/mol. The highest BCUT2D eigenvalue weighted by Crippen LogP contribution is 2.34. The van der Waals surface area contributed by atoms with Crippen LogP contribution in [0.5, 0.6) is 0 Å². The first-order valence-corrected chi connectivity index (χ1v) is 9.53. The Hall–Kier alpha value is -0.570. The molecule has 1 aliphatic heterocycles. The van der Waals surface area contributed by atoms with E-state index in [1.165, 1.54) is 19.3 Å². The molecule has 0 spiro atoms. The molecule has 0 aromatic heterocycles. The summed E-state index contributed by atoms with van der Waals surface area (Å²) in [4.78, 5) is 20.3. The van der Waals surface area contributed by atoms with Crippen LogP contribution in [0.2, 0.25) is 0 Å². The Morgan fingerprint density at radius 3 is 2.44 bits per heavy atom. The molecule has 2 fully saturated rings. The maximum absolute atomic E-state index is 11.8. The number of carbonyl (C=O) groups is 1. The van der Waals surface area contributed by atoms with Crippen LogP contribution in [0.25, 0.3) is 0 Å². The smallest absolute Gasteiger partial charge is 0.236 e. The van der Waals surface area contributed by atoms with Gasteiger partial charge in [0.15, 0.2) is 5.96 Å². The molecule has 1 heterocycles. The van der Waals surface area contributed by atoms with Gasteiger partial charge < -0.3 is 15.5 Å². The summed E-state index contributed by atoms with van der Waals surface area (Å²) >= 11 is 0. The van der Waals surface area contributed by atoms with Crippen LogP contribution in [0.4, 0.5) is 0 Å². The highest BCUT2D eigenvalue weighted by Gasteiger charge is 2.37. The van der Waals surface area contributed by atoms with Crippen LogP contribution in [0.1, 0.15) is 46.0 Å². The van der Waals surface area contributed by atoms with Crippen LogP contribution in [0.15, 0.2) is 4.99 Å². The summed E-state index contributed by atoms with van der Waals surface area (Å²) < 4.78 is 0. The molecule has 7 heteroatoms. The van der Waals surface area contributed by atoms with Crippen LogP contribution in [0, 0.1) is 5.92 Å². The minimum Gasteiger partial charge on any atom is -0.354 e. The summed E-state index contributed by atoms with van der Waals surface area (Å²) in [7, 11) is 3.64. The zero-order valence-electron chi connectivity index (χ0n) is 16.3. The first-order chi connectivity index (χ1) is 11.5. The van der Waals surface area contributed by atoms with Crippen LogP contribution < -0.4 is 10.6 Å². The lowest BCUT2D eigenvalue weighted by atomic mass is 10.1. The molecule has 1 saturated carbocycles. The zero-order chi connectivity index (χ0) is 17.5. The van der Waals surface area contributed by atoms with Crippen molar-refractivity contribution in [3.05, 3.63) is 0 Å². The van der Waals surface area contributed by atoms with E-state index < -0.39 is 0 Å². The second kappa shape index (κ2) is 11.2. The maximum Gasteiger partial charge on any atom is 0.236 e. The number of hydrogen-bond donors (Lipinski definition) is 2. The van der Waals surface area contributed by atoms with Gasteiger partial charge in [0.25, 0.3) is 0 Å². The predicted octanol–water partition coefficient (Wildman–Crippen LogP) is 1.90. The molecule has 2 aliphatic rings. The third-order valence-corrected chi connectivity index (χ3v) is 5.01. The van der Waals surface area contributed by atoms with Crippen LogP contribution in [-0.2, 0) is 4.79 Å². The number of likely N-dealkylation sites (tertiary alicyclic amines) is 1. The van der Waals surface area contributed by atoms with Gasteiger partial charge in [-0.15, -0.1) is 24.0 Å². The van der Waals surface area contributed by atoms with E-state index in [1.807, 2.05) is 14.1 Å². The Balaban J connectivity index is 0.00000312. The van der Waals surface area contributed by atoms with E-state index in [-0.39, 0.29) is 29.9 Å². The molecule has 2 unspecified atom stereocenters. The van der Waals surface area contributed by atoms with Crippen molar-refractivity contribution in [2.75, 3.05) is 40.3 Å². The number of nitrogens with one attached hydrogen (secondary N) is 2. The number of guanidine groups is 1. The normalized spacial score (nSPS) is 24.4. The molecule has 0 radical (unpaired) electrons. The Morgan fingerprint density at radius 2 is 1.88 bits per heavy atom. The first-order valence-electron chi connectivity index (χ1n) is 9.53. The number of likely N-dealkylation sites (N-methyl/N-ethyl adjacent to an activating group) is 1. The lowest BCUT2D eigenvalue weighted by Crippen LogP contribution is -2.50. The number of nitrogens with zero attached hydrogens (tertiary/aromatic N) is 3. The number of hydrogen-bond acceptors (Lipinski definition) is 3. The molecule has 6 nitrogen and oxygen atoms in total. The Labute approximate surface area is 170 Å². The van der Waals surface area contributed by atoms with Crippen LogP contribution in [0.3, 0.4) is 0 Å². The number of halogens is 1. The predicted molar refractivity (Wildman–Crippen MR) is 115 cm³/mol. The van der Waals surface area contributed by atoms with Gasteiger partial charge in [0.1, 0.15) is 0 Å². The molecule has 1 saturated heterocycles. The number of carbonyl (C=O) groups excluding carboxylic acids is 1. The summed E-state index contributed by atoms with van der Waals surface area (Å²) in [5, 5.41) is 7.20. The quantitative estimate of drug-likeness (QED) is 0.343. The highest BCUT2D eigenvalue weighted by molar-refractivity contribution is 14.0. The number of amides is 1. The second-order valence-corrected chi connectivity index (χ2v) is 7.34. The Morgan fingerprint density at radius 1 is 1.20 bits per heavy atom. The zero-order valence-corrected chi connectivity index (χ0v) is 18.6. The fourth-order valence-electron chi connectivity index (χ4n) is 3.34. The molecule has 146 valence electrons. The van der Waals surface area contributed by atoms with E-state index in [0.717, 1.165) is 44.4 Å². The SMILES string of the molecule is CCCC1CC1NC(=NCC)NC1CCN(CC(=O)N(C)C)CC1.I. The van der Waals surface area contributed by atoms with Crippen molar-refractivity contribution in [3.8, 4) is 0 Å². The van der Waals surface area contributed by atoms with Crippen molar-refractivity contribution in [1.29, 1.82) is 0 Å². The van der Waals surface area contributed by atoms with E-state index in [2.05, 4.69) is 34.4 Å². The van der Waals surface area contributed by atoms with E-state index in [1.54, 1.807) is 4.90 Å². The molecule has 0 aromatic rings. The van der Waals surface area contributed by atoms with Gasteiger partial charge in [0, 0.05) is 45.8 Å². The van der Waals surface area contributed by atoms with Gasteiger partial charge in [-0.1, -0.05) is 13.3 Å². The van der Waals surface area contributed by atoms with E-state index in [4.69, 9.17) is 0 Å². The molecule has 2 rings (SSSR count). The Bertz CT molecular complexity index is 435. The number of aliphatic imine (C=N–C) groups is 1. The van der Waals surface area contributed by atoms with Gasteiger partial charge in [-0.05, 0) is 38.5 Å². The van der Waals surface area contributed by atoms with E-state index in [9.17, 15) is 4.79 Å². The van der Waals surface area contributed by atoms with Gasteiger partial charge in [-0.25, -0.2) is 0 Å².